The summed E-state index contributed by atoms with van der Waals surface area (Å²) in [4.78, 5) is 25.8. The number of allylic oxidation sites excluding steroid dienone is 1. The largest absolute Gasteiger partial charge is 0.493 e. The van der Waals surface area contributed by atoms with Crippen LogP contribution < -0.4 is 33.2 Å². The van der Waals surface area contributed by atoms with Crippen LogP contribution in [-0.4, -0.2) is 39.9 Å². The van der Waals surface area contributed by atoms with Crippen molar-refractivity contribution in [3.8, 4) is 40.2 Å². The van der Waals surface area contributed by atoms with Crippen LogP contribution in [0.1, 0.15) is 31.8 Å². The molecule has 0 aromatic heterocycles. The van der Waals surface area contributed by atoms with E-state index in [1.54, 1.807) is 49.4 Å². The van der Waals surface area contributed by atoms with Crippen molar-refractivity contribution in [2.45, 2.75) is 6.92 Å². The first kappa shape index (κ1) is 23.1. The fourth-order valence-electron chi connectivity index (χ4n) is 4.06. The molecular weight excluding hydrogens is 468 g/mol. The van der Waals surface area contributed by atoms with Crippen molar-refractivity contribution < 1.29 is 42.7 Å². The van der Waals surface area contributed by atoms with Crippen molar-refractivity contribution in [1.29, 1.82) is 0 Å². The SMILES string of the molecule is COc1cc(/C=C2\Oc3cc(OC(=O)c4ccc5c(c4)OCO5)cc(C)c3C2=O)cc(OC)c1OC. The van der Waals surface area contributed by atoms with Gasteiger partial charge in [0.05, 0.1) is 32.5 Å². The molecule has 2 aliphatic heterocycles. The van der Waals surface area contributed by atoms with Gasteiger partial charge in [-0.05, 0) is 60.5 Å². The van der Waals surface area contributed by atoms with E-state index in [-0.39, 0.29) is 24.1 Å². The van der Waals surface area contributed by atoms with Gasteiger partial charge in [-0.1, -0.05) is 0 Å². The smallest absolute Gasteiger partial charge is 0.343 e. The summed E-state index contributed by atoms with van der Waals surface area (Å²) in [6.07, 6.45) is 1.59. The second-order valence-electron chi connectivity index (χ2n) is 7.97. The molecule has 0 saturated carbocycles. The normalized spacial score (nSPS) is 14.3. The molecule has 5 rings (SSSR count). The quantitative estimate of drug-likeness (QED) is 0.279. The van der Waals surface area contributed by atoms with E-state index in [9.17, 15) is 9.59 Å². The average Bonchev–Trinajstić information content (AvgIpc) is 3.47. The summed E-state index contributed by atoms with van der Waals surface area (Å²) in [5.41, 5.74) is 1.93. The van der Waals surface area contributed by atoms with E-state index in [0.29, 0.717) is 56.8 Å². The molecule has 2 heterocycles. The van der Waals surface area contributed by atoms with Crippen molar-refractivity contribution in [2.24, 2.45) is 0 Å². The molecule has 0 N–H and O–H groups in total. The van der Waals surface area contributed by atoms with Crippen LogP contribution in [-0.2, 0) is 0 Å². The number of ketones is 1. The van der Waals surface area contributed by atoms with Crippen LogP contribution in [0.15, 0.2) is 48.2 Å². The topological polar surface area (TPSA) is 98.8 Å². The van der Waals surface area contributed by atoms with Gasteiger partial charge in [0.2, 0.25) is 18.3 Å². The van der Waals surface area contributed by atoms with Gasteiger partial charge in [0.15, 0.2) is 28.8 Å². The van der Waals surface area contributed by atoms with Crippen molar-refractivity contribution in [1.82, 2.24) is 0 Å². The number of esters is 1. The number of carbonyl (C=O) groups is 2. The van der Waals surface area contributed by atoms with Gasteiger partial charge in [0, 0.05) is 6.07 Å². The molecule has 0 unspecified atom stereocenters. The zero-order chi connectivity index (χ0) is 25.4. The summed E-state index contributed by atoms with van der Waals surface area (Å²) in [5, 5.41) is 0. The molecule has 36 heavy (non-hydrogen) atoms. The van der Waals surface area contributed by atoms with E-state index in [4.69, 9.17) is 33.2 Å². The molecule has 0 aliphatic carbocycles. The van der Waals surface area contributed by atoms with Gasteiger partial charge in [-0.25, -0.2) is 4.79 Å². The molecular formula is C27H22O9. The monoisotopic (exact) mass is 490 g/mol. The third-order valence-corrected chi connectivity index (χ3v) is 5.75. The highest BCUT2D eigenvalue weighted by molar-refractivity contribution is 6.15. The predicted molar refractivity (Wildman–Crippen MR) is 128 cm³/mol. The lowest BCUT2D eigenvalue weighted by atomic mass is 10.0. The Morgan fingerprint density at radius 1 is 0.889 bits per heavy atom. The Kier molecular flexibility index (Phi) is 5.89. The number of rotatable bonds is 6. The lowest BCUT2D eigenvalue weighted by Gasteiger charge is -2.13. The van der Waals surface area contributed by atoms with Crippen molar-refractivity contribution >= 4 is 17.8 Å². The number of aryl methyl sites for hydroxylation is 1. The molecule has 0 radical (unpaired) electrons. The Morgan fingerprint density at radius 3 is 2.31 bits per heavy atom. The molecule has 0 atom stereocenters. The Morgan fingerprint density at radius 2 is 1.61 bits per heavy atom. The van der Waals surface area contributed by atoms with Gasteiger partial charge >= 0.3 is 5.97 Å². The molecule has 0 amide bonds. The van der Waals surface area contributed by atoms with Crippen molar-refractivity contribution in [2.75, 3.05) is 28.1 Å². The predicted octanol–water partition coefficient (Wildman–Crippen LogP) is 4.58. The third kappa shape index (κ3) is 4.04. The Hall–Kier alpha value is -4.66. The first-order valence-electron chi connectivity index (χ1n) is 10.9. The molecule has 3 aromatic carbocycles. The van der Waals surface area contributed by atoms with E-state index in [0.717, 1.165) is 0 Å². The number of hydrogen-bond acceptors (Lipinski definition) is 9. The van der Waals surface area contributed by atoms with Crippen molar-refractivity contribution in [3.05, 3.63) is 70.5 Å². The summed E-state index contributed by atoms with van der Waals surface area (Å²) < 4.78 is 38.1. The fourth-order valence-corrected chi connectivity index (χ4v) is 4.06. The molecule has 0 spiro atoms. The minimum atomic E-state index is -0.579. The Labute approximate surface area is 206 Å². The van der Waals surface area contributed by atoms with Gasteiger partial charge in [-0.15, -0.1) is 0 Å². The highest BCUT2D eigenvalue weighted by Gasteiger charge is 2.31. The Balaban J connectivity index is 1.41. The molecule has 3 aromatic rings. The lowest BCUT2D eigenvalue weighted by molar-refractivity contribution is 0.0734. The number of carbonyl (C=O) groups excluding carboxylic acids is 2. The van der Waals surface area contributed by atoms with Crippen LogP contribution in [0.4, 0.5) is 0 Å². The molecule has 0 fully saturated rings. The number of hydrogen-bond donors (Lipinski definition) is 0. The number of Topliss-reactive ketones (excluding diaryl/α,β-unsaturated/α-hetero) is 1. The second-order valence-corrected chi connectivity index (χ2v) is 7.97. The van der Waals surface area contributed by atoms with E-state index in [2.05, 4.69) is 0 Å². The maximum Gasteiger partial charge on any atom is 0.343 e. The van der Waals surface area contributed by atoms with E-state index < -0.39 is 5.97 Å². The summed E-state index contributed by atoms with van der Waals surface area (Å²) in [7, 11) is 4.53. The number of fused-ring (bicyclic) bond motifs is 2. The van der Waals surface area contributed by atoms with Gasteiger partial charge in [0.25, 0.3) is 0 Å². The van der Waals surface area contributed by atoms with Gasteiger partial charge in [-0.3, -0.25) is 4.79 Å². The minimum absolute atomic E-state index is 0.106. The number of methoxy groups -OCH3 is 3. The van der Waals surface area contributed by atoms with E-state index in [1.807, 2.05) is 0 Å². The number of ether oxygens (including phenoxy) is 7. The molecule has 184 valence electrons. The van der Waals surface area contributed by atoms with Crippen LogP contribution in [0.25, 0.3) is 6.08 Å². The van der Waals surface area contributed by atoms with Crippen LogP contribution in [0.3, 0.4) is 0 Å². The van der Waals surface area contributed by atoms with Crippen LogP contribution >= 0.6 is 0 Å². The molecule has 2 aliphatic rings. The zero-order valence-electron chi connectivity index (χ0n) is 20.0. The molecule has 0 bridgehead atoms. The summed E-state index contributed by atoms with van der Waals surface area (Å²) >= 11 is 0. The van der Waals surface area contributed by atoms with Crippen LogP contribution in [0, 0.1) is 6.92 Å². The standard InChI is InChI=1S/C27H22O9/c1-14-7-17(35-27(29)16-5-6-18-19(11-16)34-13-33-18)12-20-24(14)25(28)21(36-20)8-15-9-22(30-2)26(32-4)23(10-15)31-3/h5-12H,13H2,1-4H3/b21-8-. The summed E-state index contributed by atoms with van der Waals surface area (Å²) in [6.45, 7) is 1.86. The first-order chi connectivity index (χ1) is 17.4. The average molecular weight is 490 g/mol. The summed E-state index contributed by atoms with van der Waals surface area (Å²) in [6, 6.07) is 11.3. The molecule has 0 saturated heterocycles. The van der Waals surface area contributed by atoms with Crippen molar-refractivity contribution in [3.63, 3.8) is 0 Å². The molecule has 9 nitrogen and oxygen atoms in total. The fraction of sp³-hybridized carbons (Fsp3) is 0.185. The number of benzene rings is 3. The highest BCUT2D eigenvalue weighted by atomic mass is 16.7. The highest BCUT2D eigenvalue weighted by Crippen LogP contribution is 2.41. The summed E-state index contributed by atoms with van der Waals surface area (Å²) in [5.74, 6) is 2.16. The van der Waals surface area contributed by atoms with E-state index in [1.165, 1.54) is 27.4 Å². The van der Waals surface area contributed by atoms with Crippen LogP contribution in [0.5, 0.6) is 40.2 Å². The first-order valence-corrected chi connectivity index (χ1v) is 10.9. The van der Waals surface area contributed by atoms with E-state index >= 15 is 0 Å². The third-order valence-electron chi connectivity index (χ3n) is 5.75. The van der Waals surface area contributed by atoms with Gasteiger partial charge in [-0.2, -0.15) is 0 Å². The van der Waals surface area contributed by atoms with Gasteiger partial charge in [0.1, 0.15) is 11.5 Å². The minimum Gasteiger partial charge on any atom is -0.493 e. The maximum atomic E-state index is 13.1. The lowest BCUT2D eigenvalue weighted by Crippen LogP contribution is -2.08. The Bertz CT molecular complexity index is 1400. The van der Waals surface area contributed by atoms with Gasteiger partial charge < -0.3 is 33.2 Å². The zero-order valence-corrected chi connectivity index (χ0v) is 20.0. The second kappa shape index (κ2) is 9.18. The molecule has 9 heteroatoms. The maximum absolute atomic E-state index is 13.1. The van der Waals surface area contributed by atoms with Crippen LogP contribution in [0.2, 0.25) is 0 Å².